The second kappa shape index (κ2) is 8.11. The molecule has 0 radical (unpaired) electrons. The van der Waals surface area contributed by atoms with E-state index in [4.69, 9.17) is 4.74 Å². The molecule has 2 aromatic rings. The van der Waals surface area contributed by atoms with Crippen LogP contribution in [0.5, 0.6) is 0 Å². The number of nitrogens with one attached hydrogen (secondary N) is 1. The van der Waals surface area contributed by atoms with Crippen LogP contribution in [-0.4, -0.2) is 24.1 Å². The Morgan fingerprint density at radius 1 is 1.17 bits per heavy atom. The number of benzene rings is 2. The number of amides is 1. The Bertz CT molecular complexity index is 688. The van der Waals surface area contributed by atoms with E-state index >= 15 is 0 Å². The topological polar surface area (TPSA) is 41.6 Å². The number of anilines is 1. The SMILES string of the molecule is CCCc1ccc(SNc2cccc(CN3CCOC3=O)c2)cc1. The Hall–Kier alpha value is -2.14. The van der Waals surface area contributed by atoms with Gasteiger partial charge in [0.05, 0.1) is 6.54 Å². The highest BCUT2D eigenvalue weighted by molar-refractivity contribution is 8.00. The minimum absolute atomic E-state index is 0.227. The predicted molar refractivity (Wildman–Crippen MR) is 98.1 cm³/mol. The third kappa shape index (κ3) is 4.45. The van der Waals surface area contributed by atoms with Gasteiger partial charge in [-0.2, -0.15) is 0 Å². The summed E-state index contributed by atoms with van der Waals surface area (Å²) in [5, 5.41) is 0. The van der Waals surface area contributed by atoms with Crippen molar-refractivity contribution in [1.82, 2.24) is 4.90 Å². The summed E-state index contributed by atoms with van der Waals surface area (Å²) >= 11 is 1.60. The fraction of sp³-hybridized carbons (Fsp3) is 0.316. The largest absolute Gasteiger partial charge is 0.448 e. The van der Waals surface area contributed by atoms with E-state index in [1.165, 1.54) is 16.9 Å². The summed E-state index contributed by atoms with van der Waals surface area (Å²) in [6.07, 6.45) is 2.07. The first-order chi connectivity index (χ1) is 11.7. The van der Waals surface area contributed by atoms with E-state index in [0.717, 1.165) is 17.7 Å². The zero-order chi connectivity index (χ0) is 16.8. The summed E-state index contributed by atoms with van der Waals surface area (Å²) in [4.78, 5) is 14.4. The van der Waals surface area contributed by atoms with Crippen LogP contribution in [0.25, 0.3) is 0 Å². The Morgan fingerprint density at radius 2 is 2.00 bits per heavy atom. The zero-order valence-electron chi connectivity index (χ0n) is 13.8. The molecule has 0 saturated carbocycles. The fourth-order valence-electron chi connectivity index (χ4n) is 2.65. The van der Waals surface area contributed by atoms with Crippen molar-refractivity contribution in [3.63, 3.8) is 0 Å². The maximum absolute atomic E-state index is 11.5. The van der Waals surface area contributed by atoms with Crippen molar-refractivity contribution in [2.75, 3.05) is 17.9 Å². The fourth-order valence-corrected chi connectivity index (χ4v) is 3.29. The van der Waals surface area contributed by atoms with Gasteiger partial charge in [0.2, 0.25) is 0 Å². The molecule has 24 heavy (non-hydrogen) atoms. The molecule has 3 rings (SSSR count). The number of carbonyl (C=O) groups is 1. The second-order valence-corrected chi connectivity index (χ2v) is 6.71. The third-order valence-corrected chi connectivity index (χ3v) is 4.74. The van der Waals surface area contributed by atoms with Crippen LogP contribution in [0.4, 0.5) is 10.5 Å². The van der Waals surface area contributed by atoms with Crippen molar-refractivity contribution in [1.29, 1.82) is 0 Å². The molecule has 4 nitrogen and oxygen atoms in total. The molecule has 0 bridgehead atoms. The molecular weight excluding hydrogens is 320 g/mol. The summed E-state index contributed by atoms with van der Waals surface area (Å²) in [5.41, 5.74) is 3.50. The lowest BCUT2D eigenvalue weighted by molar-refractivity contribution is 0.157. The normalized spacial score (nSPS) is 13.9. The van der Waals surface area contributed by atoms with E-state index in [-0.39, 0.29) is 6.09 Å². The number of hydrogen-bond acceptors (Lipinski definition) is 4. The molecule has 5 heteroatoms. The van der Waals surface area contributed by atoms with Gasteiger partial charge < -0.3 is 14.4 Å². The van der Waals surface area contributed by atoms with E-state index < -0.39 is 0 Å². The molecule has 0 spiro atoms. The van der Waals surface area contributed by atoms with Gasteiger partial charge in [-0.25, -0.2) is 4.79 Å². The van der Waals surface area contributed by atoms with E-state index in [2.05, 4.69) is 42.0 Å². The molecule has 1 heterocycles. The minimum Gasteiger partial charge on any atom is -0.448 e. The Kier molecular flexibility index (Phi) is 5.64. The monoisotopic (exact) mass is 342 g/mol. The van der Waals surface area contributed by atoms with Crippen molar-refractivity contribution < 1.29 is 9.53 Å². The summed E-state index contributed by atoms with van der Waals surface area (Å²) in [7, 11) is 0. The first-order valence-electron chi connectivity index (χ1n) is 8.27. The van der Waals surface area contributed by atoms with Crippen molar-refractivity contribution in [2.45, 2.75) is 31.2 Å². The molecule has 1 amide bonds. The number of nitrogens with zero attached hydrogens (tertiary/aromatic N) is 1. The quantitative estimate of drug-likeness (QED) is 0.740. The molecule has 0 unspecified atom stereocenters. The van der Waals surface area contributed by atoms with Gasteiger partial charge in [0.25, 0.3) is 0 Å². The maximum Gasteiger partial charge on any atom is 0.410 e. The highest BCUT2D eigenvalue weighted by Crippen LogP contribution is 2.23. The molecule has 126 valence electrons. The maximum atomic E-state index is 11.5. The Morgan fingerprint density at radius 3 is 2.71 bits per heavy atom. The van der Waals surface area contributed by atoms with Crippen LogP contribution in [0.2, 0.25) is 0 Å². The van der Waals surface area contributed by atoms with E-state index in [1.807, 2.05) is 18.2 Å². The molecule has 1 aliphatic rings. The van der Waals surface area contributed by atoms with E-state index in [0.29, 0.717) is 19.7 Å². The second-order valence-electron chi connectivity index (χ2n) is 5.83. The first kappa shape index (κ1) is 16.7. The molecular formula is C19H22N2O2S. The zero-order valence-corrected chi connectivity index (χ0v) is 14.6. The van der Waals surface area contributed by atoms with Crippen LogP contribution in [0.3, 0.4) is 0 Å². The third-order valence-electron chi connectivity index (χ3n) is 3.89. The van der Waals surface area contributed by atoms with Crippen LogP contribution >= 0.6 is 11.9 Å². The molecule has 0 aromatic heterocycles. The molecule has 0 aliphatic carbocycles. The lowest BCUT2D eigenvalue weighted by Crippen LogP contribution is -2.23. The molecule has 2 aromatic carbocycles. The van der Waals surface area contributed by atoms with E-state index in [9.17, 15) is 4.79 Å². The van der Waals surface area contributed by atoms with Crippen LogP contribution in [-0.2, 0) is 17.7 Å². The van der Waals surface area contributed by atoms with Crippen LogP contribution < -0.4 is 4.72 Å². The van der Waals surface area contributed by atoms with Gasteiger partial charge in [-0.05, 0) is 53.8 Å². The molecule has 1 saturated heterocycles. The average molecular weight is 342 g/mol. The smallest absolute Gasteiger partial charge is 0.410 e. The standard InChI is InChI=1S/C19H22N2O2S/c1-2-4-15-7-9-18(10-8-15)24-20-17-6-3-5-16(13-17)14-21-11-12-23-19(21)22/h3,5-10,13,20H,2,4,11-12,14H2,1H3. The molecule has 1 N–H and O–H groups in total. The van der Waals surface area contributed by atoms with Crippen molar-refractivity contribution in [3.8, 4) is 0 Å². The van der Waals surface area contributed by atoms with E-state index in [1.54, 1.807) is 16.8 Å². The number of hydrogen-bond donors (Lipinski definition) is 1. The molecule has 0 atom stereocenters. The Balaban J connectivity index is 1.57. The van der Waals surface area contributed by atoms with Crippen LogP contribution in [0, 0.1) is 0 Å². The Labute approximate surface area is 147 Å². The van der Waals surface area contributed by atoms with Gasteiger partial charge in [-0.1, -0.05) is 37.6 Å². The van der Waals surface area contributed by atoms with Crippen molar-refractivity contribution >= 4 is 23.7 Å². The highest BCUT2D eigenvalue weighted by Gasteiger charge is 2.21. The predicted octanol–water partition coefficient (Wildman–Crippen LogP) is 4.71. The number of rotatable bonds is 7. The minimum atomic E-state index is -0.227. The van der Waals surface area contributed by atoms with Gasteiger partial charge >= 0.3 is 6.09 Å². The highest BCUT2D eigenvalue weighted by atomic mass is 32.2. The summed E-state index contributed by atoms with van der Waals surface area (Å²) in [6.45, 7) is 3.93. The number of ether oxygens (including phenoxy) is 1. The molecule has 1 fully saturated rings. The van der Waals surface area contributed by atoms with Crippen molar-refractivity contribution in [2.24, 2.45) is 0 Å². The first-order valence-corrected chi connectivity index (χ1v) is 9.08. The van der Waals surface area contributed by atoms with Crippen molar-refractivity contribution in [3.05, 3.63) is 59.7 Å². The van der Waals surface area contributed by atoms with Gasteiger partial charge in [-0.3, -0.25) is 0 Å². The van der Waals surface area contributed by atoms with Gasteiger partial charge in [0.1, 0.15) is 6.61 Å². The summed E-state index contributed by atoms with van der Waals surface area (Å²) in [5.74, 6) is 0. The summed E-state index contributed by atoms with van der Waals surface area (Å²) in [6, 6.07) is 16.8. The number of carbonyl (C=O) groups excluding carboxylic acids is 1. The van der Waals surface area contributed by atoms with Gasteiger partial charge in [0, 0.05) is 17.1 Å². The lowest BCUT2D eigenvalue weighted by atomic mass is 10.1. The van der Waals surface area contributed by atoms with Gasteiger partial charge in [-0.15, -0.1) is 0 Å². The number of cyclic esters (lactones) is 1. The molecule has 1 aliphatic heterocycles. The average Bonchev–Trinajstić information content (AvgIpc) is 3.00. The summed E-state index contributed by atoms with van der Waals surface area (Å²) < 4.78 is 8.34. The van der Waals surface area contributed by atoms with Gasteiger partial charge in [0.15, 0.2) is 0 Å². The lowest BCUT2D eigenvalue weighted by Gasteiger charge is -2.13. The van der Waals surface area contributed by atoms with Crippen LogP contribution in [0.15, 0.2) is 53.4 Å². The van der Waals surface area contributed by atoms with Crippen LogP contribution in [0.1, 0.15) is 24.5 Å². The number of aryl methyl sites for hydroxylation is 1.